The van der Waals surface area contributed by atoms with Gasteiger partial charge in [-0.1, -0.05) is 16.8 Å². The average molecular weight is 439 g/mol. The van der Waals surface area contributed by atoms with Crippen LogP contribution in [0.2, 0.25) is 5.02 Å². The first-order valence-electron chi connectivity index (χ1n) is 9.49. The Labute approximate surface area is 180 Å². The fourth-order valence-electron chi connectivity index (χ4n) is 3.55. The van der Waals surface area contributed by atoms with Gasteiger partial charge >= 0.3 is 0 Å². The number of halogens is 2. The number of H-pyrrole nitrogens is 2. The van der Waals surface area contributed by atoms with Gasteiger partial charge in [0, 0.05) is 33.6 Å². The molecule has 1 amide bonds. The van der Waals surface area contributed by atoms with Crippen LogP contribution in [0.15, 0.2) is 48.0 Å². The zero-order valence-corrected chi connectivity index (χ0v) is 16.8. The van der Waals surface area contributed by atoms with E-state index in [9.17, 15) is 9.18 Å². The number of nitrogens with one attached hydrogen (secondary N) is 3. The minimum atomic E-state index is -0.564. The number of carbonyl (C=O) groups excluding carboxylic acids is 1. The number of rotatable bonds is 5. The summed E-state index contributed by atoms with van der Waals surface area (Å²) in [6.07, 6.45) is 2.11. The third-order valence-corrected chi connectivity index (χ3v) is 5.25. The van der Waals surface area contributed by atoms with Gasteiger partial charge in [-0.05, 0) is 48.5 Å². The predicted octanol–water partition coefficient (Wildman–Crippen LogP) is 3.35. The van der Waals surface area contributed by atoms with Crippen LogP contribution in [0.1, 0.15) is 23.1 Å². The van der Waals surface area contributed by atoms with Crippen LogP contribution >= 0.6 is 11.6 Å². The summed E-state index contributed by atoms with van der Waals surface area (Å²) in [5, 5.41) is 18.3. The number of carbonyl (C=O) groups is 1. The number of benzene rings is 2. The Morgan fingerprint density at radius 1 is 1.26 bits per heavy atom. The first kappa shape index (κ1) is 19.3. The molecule has 1 atom stereocenters. The molecule has 3 heterocycles. The maximum absolute atomic E-state index is 13.5. The molecule has 0 saturated heterocycles. The first-order valence-corrected chi connectivity index (χ1v) is 9.87. The van der Waals surface area contributed by atoms with E-state index in [2.05, 4.69) is 30.9 Å². The monoisotopic (exact) mass is 438 g/mol. The summed E-state index contributed by atoms with van der Waals surface area (Å²) in [5.74, 6) is 0.369. The number of ether oxygens (including phenoxy) is 1. The van der Waals surface area contributed by atoms with E-state index in [1.54, 1.807) is 30.3 Å². The van der Waals surface area contributed by atoms with E-state index >= 15 is 0 Å². The van der Waals surface area contributed by atoms with Crippen molar-refractivity contribution in [2.75, 3.05) is 6.61 Å². The van der Waals surface area contributed by atoms with E-state index in [1.165, 1.54) is 12.1 Å². The topological polar surface area (TPSA) is 109 Å². The zero-order chi connectivity index (χ0) is 21.4. The second-order valence-corrected chi connectivity index (χ2v) is 7.60. The zero-order valence-electron chi connectivity index (χ0n) is 16.0. The summed E-state index contributed by atoms with van der Waals surface area (Å²) in [5.41, 5.74) is 2.77. The van der Waals surface area contributed by atoms with Crippen LogP contribution < -0.4 is 10.1 Å². The van der Waals surface area contributed by atoms with Gasteiger partial charge in [-0.2, -0.15) is 5.21 Å². The van der Waals surface area contributed by atoms with Gasteiger partial charge in [0.25, 0.3) is 5.91 Å². The summed E-state index contributed by atoms with van der Waals surface area (Å²) in [7, 11) is 0. The molecule has 2 aromatic heterocycles. The summed E-state index contributed by atoms with van der Waals surface area (Å²) in [6, 6.07) is 11.0. The van der Waals surface area contributed by atoms with Gasteiger partial charge in [-0.15, -0.1) is 10.2 Å². The Balaban J connectivity index is 1.40. The van der Waals surface area contributed by atoms with Gasteiger partial charge in [0.2, 0.25) is 0 Å². The summed E-state index contributed by atoms with van der Waals surface area (Å²) in [6.45, 7) is 0.130. The van der Waals surface area contributed by atoms with E-state index < -0.39 is 6.04 Å². The smallest absolute Gasteiger partial charge is 0.251 e. The molecule has 3 N–H and O–H groups in total. The third kappa shape index (κ3) is 3.99. The number of tetrazole rings is 1. The molecule has 156 valence electrons. The Hall–Kier alpha value is -3.72. The Morgan fingerprint density at radius 3 is 3.00 bits per heavy atom. The molecule has 2 aromatic carbocycles. The van der Waals surface area contributed by atoms with Crippen LogP contribution in [0.5, 0.6) is 5.75 Å². The Kier molecular flexibility index (Phi) is 4.87. The van der Waals surface area contributed by atoms with E-state index in [0.29, 0.717) is 28.6 Å². The largest absolute Gasteiger partial charge is 0.488 e. The maximum atomic E-state index is 13.5. The molecule has 4 aromatic rings. The van der Waals surface area contributed by atoms with Crippen LogP contribution in [-0.2, 0) is 11.2 Å². The SMILES string of the molecule is O=C(N[C@H](Cc1cc2cc(F)ccc2[nH]1)c1nn[nH]n1)C1=Cc2cc(Cl)ccc2OC1. The molecule has 0 fully saturated rings. The molecule has 0 radical (unpaired) electrons. The molecular formula is C21H16ClFN6O2. The lowest BCUT2D eigenvalue weighted by Gasteiger charge is -2.20. The van der Waals surface area contributed by atoms with Crippen LogP contribution in [0, 0.1) is 5.82 Å². The minimum Gasteiger partial charge on any atom is -0.488 e. The Morgan fingerprint density at radius 2 is 2.16 bits per heavy atom. The number of nitrogens with zero attached hydrogens (tertiary/aromatic N) is 3. The minimum absolute atomic E-state index is 0.130. The first-order chi connectivity index (χ1) is 15.0. The number of amides is 1. The molecule has 31 heavy (non-hydrogen) atoms. The van der Waals surface area contributed by atoms with E-state index in [0.717, 1.165) is 22.2 Å². The van der Waals surface area contributed by atoms with Gasteiger partial charge in [0.05, 0.1) is 11.6 Å². The molecule has 10 heteroatoms. The van der Waals surface area contributed by atoms with Crippen molar-refractivity contribution in [1.29, 1.82) is 0 Å². The van der Waals surface area contributed by atoms with Crippen LogP contribution in [0.3, 0.4) is 0 Å². The lowest BCUT2D eigenvalue weighted by Crippen LogP contribution is -2.34. The van der Waals surface area contributed by atoms with Gasteiger partial charge in [-0.25, -0.2) is 4.39 Å². The molecule has 1 aliphatic heterocycles. The second kappa shape index (κ2) is 7.84. The number of hydrogen-bond donors (Lipinski definition) is 3. The van der Waals surface area contributed by atoms with E-state index in [1.807, 2.05) is 6.07 Å². The molecular weight excluding hydrogens is 423 g/mol. The normalized spacial score (nSPS) is 13.9. The molecule has 0 aliphatic carbocycles. The van der Waals surface area contributed by atoms with Crippen LogP contribution in [0.25, 0.3) is 17.0 Å². The highest BCUT2D eigenvalue weighted by molar-refractivity contribution is 6.30. The van der Waals surface area contributed by atoms with Gasteiger partial charge in [-0.3, -0.25) is 4.79 Å². The van der Waals surface area contributed by atoms with Crippen molar-refractivity contribution in [2.45, 2.75) is 12.5 Å². The molecule has 8 nitrogen and oxygen atoms in total. The number of aromatic amines is 2. The van der Waals surface area contributed by atoms with E-state index in [4.69, 9.17) is 16.3 Å². The van der Waals surface area contributed by atoms with Gasteiger partial charge in [0.15, 0.2) is 5.82 Å². The summed E-state index contributed by atoms with van der Waals surface area (Å²) < 4.78 is 19.2. The van der Waals surface area contributed by atoms with Gasteiger partial charge in [0.1, 0.15) is 18.2 Å². The van der Waals surface area contributed by atoms with Crippen LogP contribution in [-0.4, -0.2) is 38.1 Å². The molecule has 0 spiro atoms. The van der Waals surface area contributed by atoms with Crippen molar-refractivity contribution < 1.29 is 13.9 Å². The summed E-state index contributed by atoms with van der Waals surface area (Å²) >= 11 is 6.05. The standard InChI is InChI=1S/C21H16ClFN6O2/c22-14-1-4-19-12(6-14)5-13(10-31-19)21(30)25-18(20-26-28-29-27-20)9-16-8-11-7-15(23)2-3-17(11)24-16/h1-8,18,24H,9-10H2,(H,25,30)(H,26,27,28,29)/t18-/m1/s1. The highest BCUT2D eigenvalue weighted by Gasteiger charge is 2.24. The fraction of sp³-hybridized carbons (Fsp3) is 0.143. The highest BCUT2D eigenvalue weighted by atomic mass is 35.5. The van der Waals surface area contributed by atoms with Crippen molar-refractivity contribution in [2.24, 2.45) is 0 Å². The number of hydrogen-bond acceptors (Lipinski definition) is 5. The van der Waals surface area contributed by atoms with Crippen molar-refractivity contribution in [3.63, 3.8) is 0 Å². The van der Waals surface area contributed by atoms with Gasteiger partial charge < -0.3 is 15.0 Å². The van der Waals surface area contributed by atoms with Crippen molar-refractivity contribution in [3.05, 3.63) is 76.0 Å². The summed E-state index contributed by atoms with van der Waals surface area (Å²) in [4.78, 5) is 16.2. The molecule has 0 unspecified atom stereocenters. The maximum Gasteiger partial charge on any atom is 0.251 e. The predicted molar refractivity (Wildman–Crippen MR) is 112 cm³/mol. The van der Waals surface area contributed by atoms with Crippen LogP contribution in [0.4, 0.5) is 4.39 Å². The molecule has 1 aliphatic rings. The van der Waals surface area contributed by atoms with Crippen molar-refractivity contribution >= 4 is 34.5 Å². The fourth-order valence-corrected chi connectivity index (χ4v) is 3.73. The molecule has 5 rings (SSSR count). The lowest BCUT2D eigenvalue weighted by molar-refractivity contribution is -0.118. The third-order valence-electron chi connectivity index (χ3n) is 5.02. The number of fused-ring (bicyclic) bond motifs is 2. The quantitative estimate of drug-likeness (QED) is 0.443. The average Bonchev–Trinajstić information content (AvgIpc) is 3.42. The van der Waals surface area contributed by atoms with E-state index in [-0.39, 0.29) is 18.3 Å². The molecule has 0 bridgehead atoms. The number of aromatic nitrogens is 5. The Bertz CT molecular complexity index is 1300. The van der Waals surface area contributed by atoms with Crippen molar-refractivity contribution in [3.8, 4) is 5.75 Å². The highest BCUT2D eigenvalue weighted by Crippen LogP contribution is 2.29. The lowest BCUT2D eigenvalue weighted by atomic mass is 10.1. The molecule has 0 saturated carbocycles. The second-order valence-electron chi connectivity index (χ2n) is 7.17. The van der Waals surface area contributed by atoms with Crippen molar-refractivity contribution in [1.82, 2.24) is 30.9 Å².